The van der Waals surface area contributed by atoms with Crippen molar-refractivity contribution in [3.63, 3.8) is 0 Å². The van der Waals surface area contributed by atoms with Crippen molar-refractivity contribution in [2.24, 2.45) is 0 Å². The number of benzene rings is 1. The number of alkyl halides is 3. The Hall–Kier alpha value is -2.71. The van der Waals surface area contributed by atoms with Crippen LogP contribution in [0, 0.1) is 0 Å². The Bertz CT molecular complexity index is 877. The Balaban J connectivity index is 2.23. The number of likely N-dealkylation sites (N-methyl/N-ethyl adjacent to an activating group) is 1. The van der Waals surface area contributed by atoms with E-state index in [4.69, 9.17) is 9.47 Å². The molecular formula is C20H23F3N2O4. The van der Waals surface area contributed by atoms with Crippen molar-refractivity contribution in [1.82, 2.24) is 9.80 Å². The molecule has 6 nitrogen and oxygen atoms in total. The van der Waals surface area contributed by atoms with E-state index in [-0.39, 0.29) is 23.8 Å². The van der Waals surface area contributed by atoms with E-state index in [0.717, 1.165) is 12.1 Å². The summed E-state index contributed by atoms with van der Waals surface area (Å²) in [6.45, 7) is 3.95. The molecule has 29 heavy (non-hydrogen) atoms. The van der Waals surface area contributed by atoms with Crippen LogP contribution in [0.3, 0.4) is 0 Å². The summed E-state index contributed by atoms with van der Waals surface area (Å²) in [5.41, 5.74) is -0.673. The number of rotatable bonds is 3. The van der Waals surface area contributed by atoms with Crippen LogP contribution in [0.2, 0.25) is 0 Å². The zero-order valence-corrected chi connectivity index (χ0v) is 16.7. The van der Waals surface area contributed by atoms with Gasteiger partial charge in [-0.2, -0.15) is 13.2 Å². The molecule has 0 atom stereocenters. The topological polar surface area (TPSA) is 59.1 Å². The Labute approximate surface area is 166 Å². The molecular weight excluding hydrogens is 389 g/mol. The molecule has 9 heteroatoms. The molecule has 0 unspecified atom stereocenters. The number of halogens is 3. The largest absolute Gasteiger partial charge is 0.483 e. The molecule has 0 radical (unpaired) electrons. The number of hydrogen-bond donors (Lipinski definition) is 0. The lowest BCUT2D eigenvalue weighted by atomic mass is 9.87. The number of amides is 2. The first kappa shape index (κ1) is 21.0. The van der Waals surface area contributed by atoms with Gasteiger partial charge in [0.15, 0.2) is 0 Å². The Kier molecular flexibility index (Phi) is 5.27. The van der Waals surface area contributed by atoms with Crippen molar-refractivity contribution in [3.8, 4) is 5.75 Å². The highest BCUT2D eigenvalue weighted by Crippen LogP contribution is 2.45. The van der Waals surface area contributed by atoms with Crippen LogP contribution in [0.4, 0.5) is 18.0 Å². The van der Waals surface area contributed by atoms with Gasteiger partial charge < -0.3 is 19.3 Å². The highest BCUT2D eigenvalue weighted by molar-refractivity contribution is 5.92. The van der Waals surface area contributed by atoms with Crippen LogP contribution in [0.1, 0.15) is 37.8 Å². The Morgan fingerprint density at radius 3 is 2.59 bits per heavy atom. The predicted molar refractivity (Wildman–Crippen MR) is 99.1 cm³/mol. The number of likely N-dealkylation sites (tertiary alicyclic amines) is 1. The van der Waals surface area contributed by atoms with Crippen molar-refractivity contribution >= 4 is 17.7 Å². The van der Waals surface area contributed by atoms with Crippen molar-refractivity contribution in [2.75, 3.05) is 27.2 Å². The second-order valence-corrected chi connectivity index (χ2v) is 7.62. The molecule has 0 spiro atoms. The van der Waals surface area contributed by atoms with E-state index in [1.165, 1.54) is 30.0 Å². The molecule has 1 aromatic carbocycles. The quantitative estimate of drug-likeness (QED) is 0.756. The van der Waals surface area contributed by atoms with Crippen LogP contribution in [-0.2, 0) is 15.7 Å². The van der Waals surface area contributed by atoms with E-state index >= 15 is 0 Å². The molecule has 0 saturated carbocycles. The maximum Gasteiger partial charge on any atom is 0.416 e. The van der Waals surface area contributed by atoms with Crippen molar-refractivity contribution in [2.45, 2.75) is 38.5 Å². The van der Waals surface area contributed by atoms with Crippen LogP contribution in [0.5, 0.6) is 5.75 Å². The monoisotopic (exact) mass is 412 g/mol. The molecule has 158 valence electrons. The van der Waals surface area contributed by atoms with Crippen LogP contribution in [0.15, 0.2) is 23.8 Å². The van der Waals surface area contributed by atoms with Crippen molar-refractivity contribution < 1.29 is 32.2 Å². The van der Waals surface area contributed by atoms with Gasteiger partial charge >= 0.3 is 12.3 Å². The fourth-order valence-corrected chi connectivity index (χ4v) is 3.68. The number of ether oxygens (including phenoxy) is 2. The van der Waals surface area contributed by atoms with Gasteiger partial charge in [-0.15, -0.1) is 0 Å². The minimum absolute atomic E-state index is 0.0362. The fourth-order valence-electron chi connectivity index (χ4n) is 3.68. The summed E-state index contributed by atoms with van der Waals surface area (Å²) in [7, 11) is 2.76. The van der Waals surface area contributed by atoms with Crippen LogP contribution < -0.4 is 4.74 Å². The standard InChI is InChI=1S/C20H23F3N2O4/c1-19(2)14(11-24(3)18(27)28-4)17(25-9-5-6-16(25)26)13-10-12(20(21,22)23)7-8-15(13)29-19/h7-8,10H,5-6,9,11H2,1-4H3. The highest BCUT2D eigenvalue weighted by Gasteiger charge is 2.42. The molecule has 0 aromatic heterocycles. The lowest BCUT2D eigenvalue weighted by Crippen LogP contribution is -2.44. The second-order valence-electron chi connectivity index (χ2n) is 7.62. The fraction of sp³-hybridized carbons (Fsp3) is 0.500. The summed E-state index contributed by atoms with van der Waals surface area (Å²) in [5, 5.41) is 0. The van der Waals surface area contributed by atoms with E-state index in [9.17, 15) is 22.8 Å². The second kappa shape index (κ2) is 7.27. The lowest BCUT2D eigenvalue weighted by Gasteiger charge is -2.40. The number of nitrogens with zero attached hydrogens (tertiary/aromatic N) is 2. The Morgan fingerprint density at radius 2 is 2.03 bits per heavy atom. The van der Waals surface area contributed by atoms with E-state index in [2.05, 4.69) is 0 Å². The molecule has 2 aliphatic rings. The number of carbonyl (C=O) groups excluding carboxylic acids is 2. The molecule has 0 aliphatic carbocycles. The number of hydrogen-bond acceptors (Lipinski definition) is 4. The van der Waals surface area contributed by atoms with Gasteiger partial charge in [0, 0.05) is 31.1 Å². The number of carbonyl (C=O) groups is 2. The summed E-state index contributed by atoms with van der Waals surface area (Å²) < 4.78 is 50.8. The smallest absolute Gasteiger partial charge is 0.416 e. The van der Waals surface area contributed by atoms with E-state index in [1.807, 2.05) is 0 Å². The van der Waals surface area contributed by atoms with Gasteiger partial charge in [0.05, 0.1) is 24.9 Å². The van der Waals surface area contributed by atoms with Gasteiger partial charge in [-0.05, 0) is 38.5 Å². The summed E-state index contributed by atoms with van der Waals surface area (Å²) in [4.78, 5) is 27.2. The SMILES string of the molecule is COC(=O)N(C)CC1=C(N2CCCC2=O)c2cc(C(F)(F)F)ccc2OC1(C)C. The first-order valence-corrected chi connectivity index (χ1v) is 9.19. The zero-order chi connectivity index (χ0) is 21.6. The maximum atomic E-state index is 13.3. The van der Waals surface area contributed by atoms with Crippen LogP contribution in [-0.4, -0.2) is 54.6 Å². The Morgan fingerprint density at radius 1 is 1.34 bits per heavy atom. The number of methoxy groups -OCH3 is 1. The molecule has 2 amide bonds. The molecule has 1 saturated heterocycles. The van der Waals surface area contributed by atoms with Gasteiger partial charge in [0.1, 0.15) is 11.4 Å². The number of fused-ring (bicyclic) bond motifs is 1. The third kappa shape index (κ3) is 3.90. The minimum Gasteiger partial charge on any atom is -0.483 e. The van der Waals surface area contributed by atoms with E-state index in [1.54, 1.807) is 13.8 Å². The normalized spacial score (nSPS) is 18.4. The molecule has 3 rings (SSSR count). The molecule has 1 fully saturated rings. The molecule has 2 aliphatic heterocycles. The average molecular weight is 412 g/mol. The van der Waals surface area contributed by atoms with Crippen molar-refractivity contribution in [1.29, 1.82) is 0 Å². The molecule has 0 N–H and O–H groups in total. The highest BCUT2D eigenvalue weighted by atomic mass is 19.4. The molecule has 0 bridgehead atoms. The first-order valence-electron chi connectivity index (χ1n) is 9.19. The summed E-state index contributed by atoms with van der Waals surface area (Å²) in [6.07, 6.45) is -4.21. The van der Waals surface area contributed by atoms with Crippen molar-refractivity contribution in [3.05, 3.63) is 34.9 Å². The molecule has 1 aromatic rings. The predicted octanol–water partition coefficient (Wildman–Crippen LogP) is 3.91. The summed E-state index contributed by atoms with van der Waals surface area (Å²) >= 11 is 0. The van der Waals surface area contributed by atoms with Gasteiger partial charge in [0.2, 0.25) is 5.91 Å². The minimum atomic E-state index is -4.54. The maximum absolute atomic E-state index is 13.3. The third-order valence-corrected chi connectivity index (χ3v) is 5.16. The summed E-state index contributed by atoms with van der Waals surface area (Å²) in [6, 6.07) is 3.24. The average Bonchev–Trinajstić information content (AvgIpc) is 3.05. The van der Waals surface area contributed by atoms with Gasteiger partial charge in [-0.1, -0.05) is 0 Å². The van der Waals surface area contributed by atoms with E-state index in [0.29, 0.717) is 30.7 Å². The van der Waals surface area contributed by atoms with E-state index < -0.39 is 23.4 Å². The van der Waals surface area contributed by atoms with Crippen LogP contribution >= 0.6 is 0 Å². The molecule has 2 heterocycles. The van der Waals surface area contributed by atoms with Gasteiger partial charge in [-0.25, -0.2) is 4.79 Å². The third-order valence-electron chi connectivity index (χ3n) is 5.16. The first-order chi connectivity index (χ1) is 13.5. The summed E-state index contributed by atoms with van der Waals surface area (Å²) in [5.74, 6) is 0.0986. The van der Waals surface area contributed by atoms with Gasteiger partial charge in [0.25, 0.3) is 0 Å². The van der Waals surface area contributed by atoms with Crippen LogP contribution in [0.25, 0.3) is 5.70 Å². The lowest BCUT2D eigenvalue weighted by molar-refractivity contribution is -0.137. The zero-order valence-electron chi connectivity index (χ0n) is 16.7. The van der Waals surface area contributed by atoms with Gasteiger partial charge in [-0.3, -0.25) is 4.79 Å².